The third kappa shape index (κ3) is 5.23. The zero-order chi connectivity index (χ0) is 19.8. The fraction of sp³-hybridized carbons (Fsp3) is 0.682. The van der Waals surface area contributed by atoms with Crippen molar-refractivity contribution in [3.05, 3.63) is 35.6 Å². The van der Waals surface area contributed by atoms with E-state index in [9.17, 15) is 4.39 Å². The predicted molar refractivity (Wildman–Crippen MR) is 110 cm³/mol. The number of methoxy groups -OCH3 is 1. The molecule has 1 saturated heterocycles. The molecule has 2 aliphatic rings. The van der Waals surface area contributed by atoms with Crippen molar-refractivity contribution in [2.24, 2.45) is 4.99 Å². The second-order valence-corrected chi connectivity index (χ2v) is 7.95. The van der Waals surface area contributed by atoms with Crippen molar-refractivity contribution in [3.63, 3.8) is 0 Å². The van der Waals surface area contributed by atoms with Crippen LogP contribution in [0.1, 0.15) is 44.1 Å². The highest BCUT2D eigenvalue weighted by Crippen LogP contribution is 2.43. The lowest BCUT2D eigenvalue weighted by molar-refractivity contribution is 0.00982. The number of halogens is 1. The Morgan fingerprint density at radius 2 is 1.93 bits per heavy atom. The fourth-order valence-corrected chi connectivity index (χ4v) is 4.24. The van der Waals surface area contributed by atoms with Gasteiger partial charge in [0, 0.05) is 52.4 Å². The third-order valence-electron chi connectivity index (χ3n) is 6.15. The Labute approximate surface area is 168 Å². The highest BCUT2D eigenvalue weighted by Gasteiger charge is 2.39. The van der Waals surface area contributed by atoms with Gasteiger partial charge in [0.15, 0.2) is 5.96 Å². The number of nitrogens with one attached hydrogen (secondary N) is 1. The van der Waals surface area contributed by atoms with Crippen LogP contribution in [0.3, 0.4) is 0 Å². The quantitative estimate of drug-likeness (QED) is 0.419. The molecule has 3 rings (SSSR count). The predicted octanol–water partition coefficient (Wildman–Crippen LogP) is 3.34. The Morgan fingerprint density at radius 1 is 1.21 bits per heavy atom. The highest BCUT2D eigenvalue weighted by atomic mass is 19.1. The lowest BCUT2D eigenvalue weighted by atomic mass is 9.64. The van der Waals surface area contributed by atoms with Crippen LogP contribution in [0.5, 0.6) is 0 Å². The van der Waals surface area contributed by atoms with E-state index in [0.29, 0.717) is 6.10 Å². The van der Waals surface area contributed by atoms with Crippen molar-refractivity contribution in [2.45, 2.75) is 50.0 Å². The summed E-state index contributed by atoms with van der Waals surface area (Å²) in [7, 11) is 3.57. The second-order valence-electron chi connectivity index (χ2n) is 7.95. The molecule has 5 nitrogen and oxygen atoms in total. The Balaban J connectivity index is 1.48. The maximum absolute atomic E-state index is 13.3. The van der Waals surface area contributed by atoms with E-state index >= 15 is 0 Å². The Bertz CT molecular complexity index is 623. The Kier molecular flexibility index (Phi) is 7.68. The van der Waals surface area contributed by atoms with Crippen LogP contribution in [-0.2, 0) is 14.9 Å². The first kappa shape index (κ1) is 21.1. The zero-order valence-electron chi connectivity index (χ0n) is 17.3. The van der Waals surface area contributed by atoms with Gasteiger partial charge in [-0.25, -0.2) is 4.39 Å². The third-order valence-corrected chi connectivity index (χ3v) is 6.15. The van der Waals surface area contributed by atoms with Crippen LogP contribution in [-0.4, -0.2) is 64.0 Å². The summed E-state index contributed by atoms with van der Waals surface area (Å²) in [5.74, 6) is 0.792. The number of rotatable bonds is 8. The van der Waals surface area contributed by atoms with Crippen molar-refractivity contribution in [2.75, 3.05) is 47.0 Å². The minimum absolute atomic E-state index is 0.104. The standard InChI is InChI=1S/C22H34FN3O2/c1-24-21(26-13-9-20(10-14-26)28-16-4-15-27-2)25-17-22(11-3-12-22)18-5-7-19(23)8-6-18/h5-8,20H,3-4,9-17H2,1-2H3,(H,24,25). The summed E-state index contributed by atoms with van der Waals surface area (Å²) in [6.45, 7) is 4.28. The van der Waals surface area contributed by atoms with Crippen molar-refractivity contribution in [1.29, 1.82) is 0 Å². The number of hydrogen-bond donors (Lipinski definition) is 1. The summed E-state index contributed by atoms with van der Waals surface area (Å²) in [6.07, 6.45) is 6.84. The first-order valence-corrected chi connectivity index (χ1v) is 10.5. The molecule has 1 aromatic rings. The number of hydrogen-bond acceptors (Lipinski definition) is 3. The number of likely N-dealkylation sites (tertiary alicyclic amines) is 1. The molecule has 1 aromatic carbocycles. The van der Waals surface area contributed by atoms with Gasteiger partial charge in [-0.1, -0.05) is 18.6 Å². The lowest BCUT2D eigenvalue weighted by Crippen LogP contribution is -2.52. The first-order valence-electron chi connectivity index (χ1n) is 10.5. The number of piperidine rings is 1. The fourth-order valence-electron chi connectivity index (χ4n) is 4.24. The number of aliphatic imine (C=N–C) groups is 1. The molecule has 156 valence electrons. The molecule has 2 fully saturated rings. The molecule has 1 heterocycles. The number of benzene rings is 1. The maximum atomic E-state index is 13.3. The molecular formula is C22H34FN3O2. The molecular weight excluding hydrogens is 357 g/mol. The summed E-state index contributed by atoms with van der Waals surface area (Å²) >= 11 is 0. The Hall–Kier alpha value is -1.66. The summed E-state index contributed by atoms with van der Waals surface area (Å²) in [4.78, 5) is 6.83. The minimum atomic E-state index is -0.172. The van der Waals surface area contributed by atoms with Gasteiger partial charge in [0.2, 0.25) is 0 Å². The molecule has 1 aliphatic heterocycles. The molecule has 1 aliphatic carbocycles. The molecule has 1 saturated carbocycles. The number of ether oxygens (including phenoxy) is 2. The van der Waals surface area contributed by atoms with Crippen molar-refractivity contribution >= 4 is 5.96 Å². The van der Waals surface area contributed by atoms with E-state index in [4.69, 9.17) is 9.47 Å². The first-order chi connectivity index (χ1) is 13.7. The molecule has 0 radical (unpaired) electrons. The van der Waals surface area contributed by atoms with Crippen LogP contribution in [0.25, 0.3) is 0 Å². The average Bonchev–Trinajstić information content (AvgIpc) is 2.69. The largest absolute Gasteiger partial charge is 0.385 e. The topological polar surface area (TPSA) is 46.1 Å². The normalized spacial score (nSPS) is 20.1. The van der Waals surface area contributed by atoms with Gasteiger partial charge in [-0.05, 0) is 49.8 Å². The van der Waals surface area contributed by atoms with Gasteiger partial charge in [-0.15, -0.1) is 0 Å². The average molecular weight is 392 g/mol. The van der Waals surface area contributed by atoms with Gasteiger partial charge >= 0.3 is 0 Å². The van der Waals surface area contributed by atoms with Gasteiger partial charge in [0.1, 0.15) is 5.82 Å². The van der Waals surface area contributed by atoms with E-state index in [-0.39, 0.29) is 11.2 Å². The van der Waals surface area contributed by atoms with Gasteiger partial charge in [0.05, 0.1) is 6.10 Å². The van der Waals surface area contributed by atoms with E-state index in [1.165, 1.54) is 12.0 Å². The molecule has 6 heteroatoms. The van der Waals surface area contributed by atoms with E-state index in [0.717, 1.165) is 70.9 Å². The van der Waals surface area contributed by atoms with Crippen molar-refractivity contribution in [3.8, 4) is 0 Å². The highest BCUT2D eigenvalue weighted by molar-refractivity contribution is 5.80. The zero-order valence-corrected chi connectivity index (χ0v) is 17.3. The van der Waals surface area contributed by atoms with E-state index in [1.54, 1.807) is 19.2 Å². The van der Waals surface area contributed by atoms with Crippen LogP contribution < -0.4 is 5.32 Å². The monoisotopic (exact) mass is 391 g/mol. The summed E-state index contributed by atoms with van der Waals surface area (Å²) in [6, 6.07) is 7.01. The van der Waals surface area contributed by atoms with Crippen molar-refractivity contribution in [1.82, 2.24) is 10.2 Å². The molecule has 1 N–H and O–H groups in total. The smallest absolute Gasteiger partial charge is 0.193 e. The molecule has 0 unspecified atom stereocenters. The second kappa shape index (κ2) is 10.2. The van der Waals surface area contributed by atoms with E-state index < -0.39 is 0 Å². The molecule has 0 aromatic heterocycles. The van der Waals surface area contributed by atoms with Crippen LogP contribution in [0.2, 0.25) is 0 Å². The van der Waals surface area contributed by atoms with Crippen LogP contribution >= 0.6 is 0 Å². The van der Waals surface area contributed by atoms with Gasteiger partial charge in [-0.3, -0.25) is 4.99 Å². The number of guanidine groups is 1. The van der Waals surface area contributed by atoms with Gasteiger partial charge in [0.25, 0.3) is 0 Å². The Morgan fingerprint density at radius 3 is 2.50 bits per heavy atom. The van der Waals surface area contributed by atoms with Gasteiger partial charge in [-0.2, -0.15) is 0 Å². The van der Waals surface area contributed by atoms with Crippen LogP contribution in [0, 0.1) is 5.82 Å². The molecule has 0 amide bonds. The van der Waals surface area contributed by atoms with Crippen LogP contribution in [0.15, 0.2) is 29.3 Å². The van der Waals surface area contributed by atoms with Crippen LogP contribution in [0.4, 0.5) is 4.39 Å². The van der Waals surface area contributed by atoms with E-state index in [1.807, 2.05) is 19.2 Å². The number of nitrogens with zero attached hydrogens (tertiary/aromatic N) is 2. The molecule has 28 heavy (non-hydrogen) atoms. The SMILES string of the molecule is CN=C(NCC1(c2ccc(F)cc2)CCC1)N1CCC(OCCCOC)CC1. The summed E-state index contributed by atoms with van der Waals surface area (Å²) < 4.78 is 24.3. The van der Waals surface area contributed by atoms with Gasteiger partial charge < -0.3 is 19.7 Å². The summed E-state index contributed by atoms with van der Waals surface area (Å²) in [5.41, 5.74) is 1.33. The maximum Gasteiger partial charge on any atom is 0.193 e. The molecule has 0 spiro atoms. The lowest BCUT2D eigenvalue weighted by Gasteiger charge is -2.44. The van der Waals surface area contributed by atoms with Crippen molar-refractivity contribution < 1.29 is 13.9 Å². The summed E-state index contributed by atoms with van der Waals surface area (Å²) in [5, 5.41) is 3.59. The minimum Gasteiger partial charge on any atom is -0.385 e. The van der Waals surface area contributed by atoms with E-state index in [2.05, 4.69) is 15.2 Å². The molecule has 0 atom stereocenters. The molecule has 0 bridgehead atoms.